The third-order valence-electron chi connectivity index (χ3n) is 8.24. The molecule has 5 aromatic rings. The van der Waals surface area contributed by atoms with Gasteiger partial charge in [-0.15, -0.1) is 0 Å². The van der Waals surface area contributed by atoms with Crippen molar-refractivity contribution in [2.75, 3.05) is 14.2 Å². The highest BCUT2D eigenvalue weighted by molar-refractivity contribution is 9.10. The van der Waals surface area contributed by atoms with Gasteiger partial charge >= 0.3 is 0 Å². The SMILES string of the molecule is COc1ccccc1[C@@H]1C2=C(N=c3s/c(=C\c4cc(Br)c(OCc5ccc(Cl)cc5Cl)c(OC)c4)c(=O)n31)c1ccccc1CC2. The summed E-state index contributed by atoms with van der Waals surface area (Å²) in [4.78, 5) is 20.0. The van der Waals surface area contributed by atoms with Gasteiger partial charge in [0.05, 0.1) is 35.0 Å². The first kappa shape index (κ1) is 30.8. The first-order valence-electron chi connectivity index (χ1n) is 14.6. The molecule has 6 nitrogen and oxygen atoms in total. The number of halogens is 3. The average molecular weight is 734 g/mol. The summed E-state index contributed by atoms with van der Waals surface area (Å²) in [5.74, 6) is 1.77. The van der Waals surface area contributed by atoms with Gasteiger partial charge in [0.25, 0.3) is 5.56 Å². The van der Waals surface area contributed by atoms with Crippen molar-refractivity contribution in [1.82, 2.24) is 4.57 Å². The Hall–Kier alpha value is -3.82. The van der Waals surface area contributed by atoms with Gasteiger partial charge in [-0.2, -0.15) is 0 Å². The summed E-state index contributed by atoms with van der Waals surface area (Å²) in [6.07, 6.45) is 3.55. The molecule has 46 heavy (non-hydrogen) atoms. The van der Waals surface area contributed by atoms with Crippen LogP contribution in [0, 0.1) is 0 Å². The van der Waals surface area contributed by atoms with E-state index >= 15 is 0 Å². The van der Waals surface area contributed by atoms with Crippen LogP contribution in [0.2, 0.25) is 10.0 Å². The first-order valence-corrected chi connectivity index (χ1v) is 16.9. The summed E-state index contributed by atoms with van der Waals surface area (Å²) in [7, 11) is 3.24. The molecule has 1 aliphatic carbocycles. The van der Waals surface area contributed by atoms with E-state index in [9.17, 15) is 4.79 Å². The maximum Gasteiger partial charge on any atom is 0.271 e. The molecule has 2 aliphatic rings. The molecule has 10 heteroatoms. The predicted molar refractivity (Wildman–Crippen MR) is 187 cm³/mol. The Morgan fingerprint density at radius 2 is 1.76 bits per heavy atom. The molecule has 0 unspecified atom stereocenters. The van der Waals surface area contributed by atoms with Gasteiger partial charge in [-0.05, 0) is 81.9 Å². The zero-order valence-electron chi connectivity index (χ0n) is 24.9. The topological polar surface area (TPSA) is 62.0 Å². The Labute approximate surface area is 287 Å². The predicted octanol–water partition coefficient (Wildman–Crippen LogP) is 7.98. The van der Waals surface area contributed by atoms with Crippen molar-refractivity contribution in [1.29, 1.82) is 0 Å². The second kappa shape index (κ2) is 12.8. The van der Waals surface area contributed by atoms with Gasteiger partial charge in [0.15, 0.2) is 16.3 Å². The van der Waals surface area contributed by atoms with Crippen LogP contribution in [0.4, 0.5) is 0 Å². The minimum Gasteiger partial charge on any atom is -0.496 e. The molecule has 0 bridgehead atoms. The molecule has 7 rings (SSSR count). The van der Waals surface area contributed by atoms with Crippen LogP contribution in [0.1, 0.15) is 40.3 Å². The number of fused-ring (bicyclic) bond motifs is 3. The summed E-state index contributed by atoms with van der Waals surface area (Å²) in [5.41, 5.74) is 6.83. The summed E-state index contributed by atoms with van der Waals surface area (Å²) in [5, 5.41) is 1.08. The molecule has 2 heterocycles. The highest BCUT2D eigenvalue weighted by Crippen LogP contribution is 2.43. The van der Waals surface area contributed by atoms with E-state index in [2.05, 4.69) is 34.1 Å². The van der Waals surface area contributed by atoms with Gasteiger partial charge in [0.1, 0.15) is 12.4 Å². The number of rotatable bonds is 7. The van der Waals surface area contributed by atoms with Crippen molar-refractivity contribution in [2.45, 2.75) is 25.5 Å². The Morgan fingerprint density at radius 1 is 0.978 bits per heavy atom. The van der Waals surface area contributed by atoms with Crippen molar-refractivity contribution < 1.29 is 14.2 Å². The number of benzene rings is 4. The van der Waals surface area contributed by atoms with Crippen LogP contribution in [0.3, 0.4) is 0 Å². The molecule has 0 saturated carbocycles. The molecule has 0 N–H and O–H groups in total. The van der Waals surface area contributed by atoms with E-state index in [1.807, 2.05) is 59.2 Å². The minimum atomic E-state index is -0.338. The molecule has 232 valence electrons. The van der Waals surface area contributed by atoms with Gasteiger partial charge in [-0.3, -0.25) is 9.36 Å². The van der Waals surface area contributed by atoms with Crippen LogP contribution in [-0.2, 0) is 13.0 Å². The second-order valence-electron chi connectivity index (χ2n) is 10.9. The Kier molecular flexibility index (Phi) is 8.55. The van der Waals surface area contributed by atoms with Crippen molar-refractivity contribution in [3.8, 4) is 17.2 Å². The molecule has 0 radical (unpaired) electrons. The highest BCUT2D eigenvalue weighted by Gasteiger charge is 2.34. The van der Waals surface area contributed by atoms with Gasteiger partial charge in [0, 0.05) is 26.7 Å². The van der Waals surface area contributed by atoms with E-state index in [-0.39, 0.29) is 18.2 Å². The van der Waals surface area contributed by atoms with E-state index in [4.69, 9.17) is 42.4 Å². The smallest absolute Gasteiger partial charge is 0.271 e. The Bertz CT molecular complexity index is 2230. The zero-order chi connectivity index (χ0) is 31.9. The largest absolute Gasteiger partial charge is 0.496 e. The summed E-state index contributed by atoms with van der Waals surface area (Å²) < 4.78 is 20.7. The van der Waals surface area contributed by atoms with E-state index < -0.39 is 0 Å². The number of nitrogens with zero attached hydrogens (tertiary/aromatic N) is 2. The molecule has 0 amide bonds. The van der Waals surface area contributed by atoms with Crippen LogP contribution in [0.5, 0.6) is 17.2 Å². The van der Waals surface area contributed by atoms with E-state index in [1.165, 1.54) is 16.9 Å². The third kappa shape index (κ3) is 5.58. The number of hydrogen-bond donors (Lipinski definition) is 0. The molecular weight excluding hydrogens is 707 g/mol. The fraction of sp³-hybridized carbons (Fsp3) is 0.167. The normalized spacial score (nSPS) is 15.5. The lowest BCUT2D eigenvalue weighted by Gasteiger charge is -2.31. The molecule has 1 aliphatic heterocycles. The lowest BCUT2D eigenvalue weighted by molar-refractivity contribution is 0.282. The van der Waals surface area contributed by atoms with E-state index in [1.54, 1.807) is 26.4 Å². The number of thiazole rings is 1. The molecule has 4 aromatic carbocycles. The van der Waals surface area contributed by atoms with Crippen molar-refractivity contribution in [2.24, 2.45) is 4.99 Å². The summed E-state index contributed by atoms with van der Waals surface area (Å²) in [6, 6.07) is 25.0. The Balaban J connectivity index is 1.33. The number of ether oxygens (including phenoxy) is 3. The zero-order valence-corrected chi connectivity index (χ0v) is 28.8. The lowest BCUT2D eigenvalue weighted by atomic mass is 9.83. The van der Waals surface area contributed by atoms with Gasteiger partial charge in [-0.1, -0.05) is 83.1 Å². The molecular formula is C36H27BrCl2N2O4S. The molecule has 1 aromatic heterocycles. The molecule has 1 atom stereocenters. The number of aromatic nitrogens is 1. The average Bonchev–Trinajstić information content (AvgIpc) is 3.37. The van der Waals surface area contributed by atoms with Crippen molar-refractivity contribution >= 4 is 62.2 Å². The number of hydrogen-bond acceptors (Lipinski definition) is 6. The van der Waals surface area contributed by atoms with E-state index in [0.29, 0.717) is 35.4 Å². The number of allylic oxidation sites excluding steroid dienone is 1. The van der Waals surface area contributed by atoms with Crippen LogP contribution >= 0.6 is 50.5 Å². The first-order chi connectivity index (χ1) is 22.4. The molecule has 0 saturated heterocycles. The fourth-order valence-electron chi connectivity index (χ4n) is 6.09. The monoisotopic (exact) mass is 732 g/mol. The minimum absolute atomic E-state index is 0.113. The van der Waals surface area contributed by atoms with Crippen LogP contribution in [0.25, 0.3) is 11.8 Å². The van der Waals surface area contributed by atoms with Gasteiger partial charge in [-0.25, -0.2) is 4.99 Å². The number of aryl methyl sites for hydroxylation is 1. The molecule has 0 fully saturated rings. The highest BCUT2D eigenvalue weighted by atomic mass is 79.9. The number of para-hydroxylation sites is 1. The molecule has 0 spiro atoms. The maximum atomic E-state index is 14.3. The summed E-state index contributed by atoms with van der Waals surface area (Å²) >= 11 is 17.4. The quantitative estimate of drug-likeness (QED) is 0.170. The Morgan fingerprint density at radius 3 is 2.57 bits per heavy atom. The van der Waals surface area contributed by atoms with Crippen molar-refractivity contribution in [3.05, 3.63) is 146 Å². The van der Waals surface area contributed by atoms with Gasteiger partial charge < -0.3 is 14.2 Å². The van der Waals surface area contributed by atoms with Gasteiger partial charge in [0.2, 0.25) is 0 Å². The summed E-state index contributed by atoms with van der Waals surface area (Å²) in [6.45, 7) is 0.222. The van der Waals surface area contributed by atoms with Crippen LogP contribution in [0.15, 0.2) is 98.7 Å². The van der Waals surface area contributed by atoms with Crippen molar-refractivity contribution in [3.63, 3.8) is 0 Å². The standard InChI is InChI=1S/C36H27BrCl2N2O4S/c1-43-29-10-6-5-9-25(29)33-26-14-12-21-7-3-4-8-24(21)32(26)40-36-41(33)35(42)31(46-36)17-20-15-27(37)34(30(16-20)44-2)45-19-22-11-13-23(38)18-28(22)39/h3-11,13,15-18,33H,12,14,19H2,1-2H3/b31-17-/t33-/m1/s1. The van der Waals surface area contributed by atoms with Crippen LogP contribution in [-0.4, -0.2) is 18.8 Å². The van der Waals surface area contributed by atoms with Crippen LogP contribution < -0.4 is 29.1 Å². The second-order valence-corrected chi connectivity index (χ2v) is 13.6. The lowest BCUT2D eigenvalue weighted by Crippen LogP contribution is -2.39. The van der Waals surface area contributed by atoms with E-state index in [0.717, 1.165) is 52.1 Å². The maximum absolute atomic E-state index is 14.3. The fourth-order valence-corrected chi connectivity index (χ4v) is 8.13. The third-order valence-corrected chi connectivity index (χ3v) is 10.4. The number of methoxy groups -OCH3 is 2.